The quantitative estimate of drug-likeness (QED) is 0.481. The maximum atomic E-state index is 13.3. The van der Waals surface area contributed by atoms with Crippen LogP contribution >= 0.6 is 0 Å². The van der Waals surface area contributed by atoms with E-state index in [-0.39, 0.29) is 17.1 Å². The largest absolute Gasteiger partial charge is 0.497 e. The van der Waals surface area contributed by atoms with E-state index in [1.54, 1.807) is 67.6 Å². The molecule has 0 radical (unpaired) electrons. The zero-order valence-electron chi connectivity index (χ0n) is 18.2. The molecule has 0 atom stereocenters. The number of amides is 1. The molecule has 0 aromatic heterocycles. The first-order valence-corrected chi connectivity index (χ1v) is 11.6. The number of ether oxygens (including phenoxy) is 2. The Morgan fingerprint density at radius 2 is 1.64 bits per heavy atom. The summed E-state index contributed by atoms with van der Waals surface area (Å²) in [7, 11) is -2.53. The molecule has 9 heteroatoms. The number of hydrogen-bond acceptors (Lipinski definition) is 6. The molecule has 3 rings (SSSR count). The summed E-state index contributed by atoms with van der Waals surface area (Å²) in [6.07, 6.45) is 0. The van der Waals surface area contributed by atoms with Gasteiger partial charge in [-0.25, -0.2) is 13.2 Å². The minimum atomic E-state index is -4.03. The van der Waals surface area contributed by atoms with Gasteiger partial charge >= 0.3 is 5.97 Å². The van der Waals surface area contributed by atoms with Gasteiger partial charge in [-0.15, -0.1) is 0 Å². The van der Waals surface area contributed by atoms with Gasteiger partial charge in [-0.05, 0) is 61.5 Å². The molecule has 3 aromatic carbocycles. The lowest BCUT2D eigenvalue weighted by Crippen LogP contribution is -2.38. The molecule has 0 aliphatic heterocycles. The number of methoxy groups -OCH3 is 1. The standard InChI is InChI=1S/C24H24N2O6S/c1-3-32-24(28)18-8-7-9-19(16-18)25-23(27)17-26(20-12-14-21(31-2)15-13-20)33(29,30)22-10-5-4-6-11-22/h4-16H,3,17H2,1-2H3,(H,25,27). The van der Waals surface area contributed by atoms with Gasteiger partial charge in [0.2, 0.25) is 5.91 Å². The SMILES string of the molecule is CCOC(=O)c1cccc(NC(=O)CN(c2ccc(OC)cc2)S(=O)(=O)c2ccccc2)c1. The van der Waals surface area contributed by atoms with Crippen LogP contribution in [0.25, 0.3) is 0 Å². The van der Waals surface area contributed by atoms with Crippen LogP contribution in [0, 0.1) is 0 Å². The predicted octanol–water partition coefficient (Wildman–Crippen LogP) is 3.71. The maximum Gasteiger partial charge on any atom is 0.338 e. The summed E-state index contributed by atoms with van der Waals surface area (Å²) < 4.78 is 37.8. The molecule has 1 amide bonds. The number of hydrogen-bond donors (Lipinski definition) is 1. The van der Waals surface area contributed by atoms with Crippen LogP contribution < -0.4 is 14.4 Å². The van der Waals surface area contributed by atoms with E-state index < -0.39 is 28.4 Å². The van der Waals surface area contributed by atoms with Crippen LogP contribution in [0.4, 0.5) is 11.4 Å². The number of rotatable bonds is 9. The molecule has 1 N–H and O–H groups in total. The molecule has 0 aliphatic carbocycles. The Bertz CT molecular complexity index is 1210. The minimum absolute atomic E-state index is 0.0536. The fourth-order valence-electron chi connectivity index (χ4n) is 3.05. The van der Waals surface area contributed by atoms with Crippen LogP contribution in [0.2, 0.25) is 0 Å². The highest BCUT2D eigenvalue weighted by molar-refractivity contribution is 7.92. The Kier molecular flexibility index (Phi) is 7.68. The van der Waals surface area contributed by atoms with E-state index in [4.69, 9.17) is 9.47 Å². The van der Waals surface area contributed by atoms with E-state index in [9.17, 15) is 18.0 Å². The van der Waals surface area contributed by atoms with E-state index in [0.717, 1.165) is 4.31 Å². The third-order valence-corrected chi connectivity index (χ3v) is 6.42. The lowest BCUT2D eigenvalue weighted by atomic mass is 10.2. The van der Waals surface area contributed by atoms with Crippen LogP contribution in [-0.2, 0) is 19.6 Å². The highest BCUT2D eigenvalue weighted by atomic mass is 32.2. The Morgan fingerprint density at radius 3 is 2.27 bits per heavy atom. The highest BCUT2D eigenvalue weighted by Gasteiger charge is 2.27. The van der Waals surface area contributed by atoms with Gasteiger partial charge in [-0.2, -0.15) is 0 Å². The molecule has 0 bridgehead atoms. The van der Waals surface area contributed by atoms with Gasteiger partial charge in [0.15, 0.2) is 0 Å². The fraction of sp³-hybridized carbons (Fsp3) is 0.167. The van der Waals surface area contributed by atoms with Crippen LogP contribution in [0.3, 0.4) is 0 Å². The molecule has 0 aliphatic rings. The molecule has 33 heavy (non-hydrogen) atoms. The van der Waals surface area contributed by atoms with E-state index in [1.807, 2.05) is 0 Å². The summed E-state index contributed by atoms with van der Waals surface area (Å²) in [6.45, 7) is 1.45. The highest BCUT2D eigenvalue weighted by Crippen LogP contribution is 2.26. The molecule has 0 fully saturated rings. The first kappa shape index (κ1) is 23.8. The molecular formula is C24H24N2O6S. The van der Waals surface area contributed by atoms with E-state index >= 15 is 0 Å². The number of carbonyl (C=O) groups is 2. The van der Waals surface area contributed by atoms with Gasteiger partial charge < -0.3 is 14.8 Å². The van der Waals surface area contributed by atoms with Crippen molar-refractivity contribution >= 4 is 33.3 Å². The van der Waals surface area contributed by atoms with Crippen LogP contribution in [0.5, 0.6) is 5.75 Å². The van der Waals surface area contributed by atoms with Crippen LogP contribution in [-0.4, -0.2) is 40.6 Å². The summed E-state index contributed by atoms with van der Waals surface area (Å²) in [6, 6.07) is 20.5. The van der Waals surface area contributed by atoms with Crippen molar-refractivity contribution in [2.75, 3.05) is 29.9 Å². The van der Waals surface area contributed by atoms with Crippen molar-refractivity contribution in [1.82, 2.24) is 0 Å². The number of sulfonamides is 1. The Labute approximate surface area is 192 Å². The van der Waals surface area contributed by atoms with Crippen LogP contribution in [0.1, 0.15) is 17.3 Å². The second-order valence-electron chi connectivity index (χ2n) is 6.87. The lowest BCUT2D eigenvalue weighted by Gasteiger charge is -2.24. The summed E-state index contributed by atoms with van der Waals surface area (Å²) >= 11 is 0. The first-order valence-electron chi connectivity index (χ1n) is 10.1. The van der Waals surface area contributed by atoms with Gasteiger partial charge in [-0.3, -0.25) is 9.10 Å². The summed E-state index contributed by atoms with van der Waals surface area (Å²) in [5.74, 6) is -0.539. The lowest BCUT2D eigenvalue weighted by molar-refractivity contribution is -0.114. The molecule has 0 heterocycles. The summed E-state index contributed by atoms with van der Waals surface area (Å²) in [4.78, 5) is 24.9. The average Bonchev–Trinajstić information content (AvgIpc) is 2.83. The van der Waals surface area contributed by atoms with Gasteiger partial charge in [-0.1, -0.05) is 24.3 Å². The Hall–Kier alpha value is -3.85. The van der Waals surface area contributed by atoms with Crippen molar-refractivity contribution in [2.45, 2.75) is 11.8 Å². The van der Waals surface area contributed by atoms with E-state index in [1.165, 1.54) is 25.3 Å². The zero-order chi connectivity index (χ0) is 23.8. The second-order valence-corrected chi connectivity index (χ2v) is 8.73. The molecule has 0 spiro atoms. The van der Waals surface area contributed by atoms with Crippen molar-refractivity contribution in [3.63, 3.8) is 0 Å². The second kappa shape index (κ2) is 10.6. The molecule has 8 nitrogen and oxygen atoms in total. The smallest absolute Gasteiger partial charge is 0.338 e. The zero-order valence-corrected chi connectivity index (χ0v) is 19.0. The van der Waals surface area contributed by atoms with E-state index in [0.29, 0.717) is 17.1 Å². The van der Waals surface area contributed by atoms with Crippen molar-refractivity contribution < 1.29 is 27.5 Å². The van der Waals surface area contributed by atoms with Gasteiger partial charge in [0.25, 0.3) is 10.0 Å². The first-order chi connectivity index (χ1) is 15.8. The number of nitrogens with one attached hydrogen (secondary N) is 1. The number of esters is 1. The monoisotopic (exact) mass is 468 g/mol. The topological polar surface area (TPSA) is 102 Å². The number of nitrogens with zero attached hydrogens (tertiary/aromatic N) is 1. The third-order valence-electron chi connectivity index (χ3n) is 4.64. The molecular weight excluding hydrogens is 444 g/mol. The molecule has 172 valence electrons. The van der Waals surface area contributed by atoms with Crippen molar-refractivity contribution in [3.8, 4) is 5.75 Å². The van der Waals surface area contributed by atoms with E-state index in [2.05, 4.69) is 5.32 Å². The normalized spacial score (nSPS) is 10.8. The molecule has 0 saturated carbocycles. The number of anilines is 2. The number of carbonyl (C=O) groups excluding carboxylic acids is 2. The molecule has 3 aromatic rings. The van der Waals surface area contributed by atoms with Gasteiger partial charge in [0.05, 0.1) is 29.9 Å². The van der Waals surface area contributed by atoms with Gasteiger partial charge in [0.1, 0.15) is 12.3 Å². The maximum absolute atomic E-state index is 13.3. The molecule has 0 saturated heterocycles. The van der Waals surface area contributed by atoms with Crippen molar-refractivity contribution in [3.05, 3.63) is 84.4 Å². The molecule has 0 unspecified atom stereocenters. The van der Waals surface area contributed by atoms with Crippen molar-refractivity contribution in [2.24, 2.45) is 0 Å². The Balaban J connectivity index is 1.88. The average molecular weight is 469 g/mol. The number of benzene rings is 3. The van der Waals surface area contributed by atoms with Gasteiger partial charge in [0, 0.05) is 5.69 Å². The van der Waals surface area contributed by atoms with Crippen LogP contribution in [0.15, 0.2) is 83.8 Å². The third kappa shape index (κ3) is 5.89. The minimum Gasteiger partial charge on any atom is -0.497 e. The predicted molar refractivity (Wildman–Crippen MR) is 125 cm³/mol. The summed E-state index contributed by atoms with van der Waals surface area (Å²) in [5.41, 5.74) is 0.922. The van der Waals surface area contributed by atoms with Crippen molar-refractivity contribution in [1.29, 1.82) is 0 Å². The Morgan fingerprint density at radius 1 is 0.939 bits per heavy atom. The summed E-state index contributed by atoms with van der Waals surface area (Å²) in [5, 5.41) is 2.65. The fourth-order valence-corrected chi connectivity index (χ4v) is 4.49.